The molecule has 0 N–H and O–H groups in total. The first-order chi connectivity index (χ1) is 10.1. The lowest BCUT2D eigenvalue weighted by Gasteiger charge is -2.19. The highest BCUT2D eigenvalue weighted by Gasteiger charge is 2.18. The SMILES string of the molecule is CCCCC(CC)Cn1c(C(C)Cl)nc2cccc(C)c21. The Balaban J connectivity index is 2.42. The van der Waals surface area contributed by atoms with Gasteiger partial charge in [0, 0.05) is 6.54 Å². The van der Waals surface area contributed by atoms with Crippen molar-refractivity contribution in [1.29, 1.82) is 0 Å². The van der Waals surface area contributed by atoms with Crippen LogP contribution in [0.1, 0.15) is 63.2 Å². The molecule has 0 radical (unpaired) electrons. The Labute approximate surface area is 133 Å². The van der Waals surface area contributed by atoms with Crippen molar-refractivity contribution in [3.63, 3.8) is 0 Å². The second kappa shape index (κ2) is 7.31. The maximum absolute atomic E-state index is 6.38. The maximum atomic E-state index is 6.38. The molecule has 0 saturated carbocycles. The largest absolute Gasteiger partial charge is 0.326 e. The fourth-order valence-electron chi connectivity index (χ4n) is 3.05. The number of aromatic nitrogens is 2. The van der Waals surface area contributed by atoms with Crippen molar-refractivity contribution in [3.8, 4) is 0 Å². The quantitative estimate of drug-likeness (QED) is 0.586. The van der Waals surface area contributed by atoms with E-state index in [4.69, 9.17) is 16.6 Å². The van der Waals surface area contributed by atoms with E-state index < -0.39 is 0 Å². The molecular formula is C18H27ClN2. The summed E-state index contributed by atoms with van der Waals surface area (Å²) < 4.78 is 2.37. The monoisotopic (exact) mass is 306 g/mol. The van der Waals surface area contributed by atoms with Crippen molar-refractivity contribution in [1.82, 2.24) is 9.55 Å². The zero-order valence-electron chi connectivity index (χ0n) is 13.7. The third-order valence-corrected chi connectivity index (χ3v) is 4.53. The number of fused-ring (bicyclic) bond motifs is 1. The molecule has 1 aromatic heterocycles. The second-order valence-electron chi connectivity index (χ2n) is 6.06. The van der Waals surface area contributed by atoms with Crippen molar-refractivity contribution in [2.75, 3.05) is 0 Å². The molecule has 0 saturated heterocycles. The van der Waals surface area contributed by atoms with Gasteiger partial charge in [0.15, 0.2) is 0 Å². The number of hydrogen-bond donors (Lipinski definition) is 0. The van der Waals surface area contributed by atoms with Crippen LogP contribution in [0.25, 0.3) is 11.0 Å². The van der Waals surface area contributed by atoms with E-state index in [1.165, 1.54) is 36.8 Å². The third kappa shape index (κ3) is 3.60. The molecule has 0 aliphatic carbocycles. The van der Waals surface area contributed by atoms with Crippen molar-refractivity contribution < 1.29 is 0 Å². The van der Waals surface area contributed by atoms with Gasteiger partial charge < -0.3 is 4.57 Å². The number of nitrogens with zero attached hydrogens (tertiary/aromatic N) is 2. The van der Waals surface area contributed by atoms with Crippen LogP contribution >= 0.6 is 11.6 Å². The zero-order chi connectivity index (χ0) is 15.4. The minimum Gasteiger partial charge on any atom is -0.326 e. The fourth-order valence-corrected chi connectivity index (χ4v) is 3.21. The molecule has 0 aliphatic heterocycles. The third-order valence-electron chi connectivity index (χ3n) is 4.34. The Kier molecular flexibility index (Phi) is 5.69. The zero-order valence-corrected chi connectivity index (χ0v) is 14.5. The van der Waals surface area contributed by atoms with Crippen LogP contribution < -0.4 is 0 Å². The van der Waals surface area contributed by atoms with E-state index in [-0.39, 0.29) is 5.38 Å². The predicted octanol–water partition coefficient (Wildman–Crippen LogP) is 5.86. The number of unbranched alkanes of at least 4 members (excludes halogenated alkanes) is 1. The van der Waals surface area contributed by atoms with Crippen molar-refractivity contribution in [3.05, 3.63) is 29.6 Å². The molecule has 2 unspecified atom stereocenters. The number of imidazole rings is 1. The topological polar surface area (TPSA) is 17.8 Å². The summed E-state index contributed by atoms with van der Waals surface area (Å²) in [4.78, 5) is 4.77. The van der Waals surface area contributed by atoms with E-state index in [1.807, 2.05) is 6.92 Å². The van der Waals surface area contributed by atoms with Crippen LogP contribution in [0.5, 0.6) is 0 Å². The van der Waals surface area contributed by atoms with Gasteiger partial charge in [0.2, 0.25) is 0 Å². The van der Waals surface area contributed by atoms with Gasteiger partial charge in [-0.15, -0.1) is 11.6 Å². The number of aryl methyl sites for hydroxylation is 1. The van der Waals surface area contributed by atoms with E-state index >= 15 is 0 Å². The number of hydrogen-bond acceptors (Lipinski definition) is 1. The number of para-hydroxylation sites is 1. The lowest BCUT2D eigenvalue weighted by molar-refractivity contribution is 0.389. The van der Waals surface area contributed by atoms with Crippen LogP contribution in [0.3, 0.4) is 0 Å². The summed E-state index contributed by atoms with van der Waals surface area (Å²) in [7, 11) is 0. The summed E-state index contributed by atoms with van der Waals surface area (Å²) in [5.74, 6) is 1.71. The van der Waals surface area contributed by atoms with Crippen LogP contribution in [0.2, 0.25) is 0 Å². The van der Waals surface area contributed by atoms with Gasteiger partial charge in [-0.25, -0.2) is 4.98 Å². The van der Waals surface area contributed by atoms with Crippen molar-refractivity contribution >= 4 is 22.6 Å². The number of halogens is 1. The average molecular weight is 307 g/mol. The highest BCUT2D eigenvalue weighted by molar-refractivity contribution is 6.20. The number of rotatable bonds is 7. The van der Waals surface area contributed by atoms with Crippen LogP contribution in [-0.4, -0.2) is 9.55 Å². The Hall–Kier alpha value is -1.02. The predicted molar refractivity (Wildman–Crippen MR) is 92.0 cm³/mol. The molecule has 1 aromatic carbocycles. The first-order valence-corrected chi connectivity index (χ1v) is 8.61. The maximum Gasteiger partial charge on any atom is 0.127 e. The molecule has 2 aromatic rings. The molecule has 0 bridgehead atoms. The molecule has 116 valence electrons. The standard InChI is InChI=1S/C18H27ClN2/c1-5-7-10-15(6-2)12-21-17-13(3)9-8-11-16(17)20-18(21)14(4)19/h8-9,11,14-15H,5-7,10,12H2,1-4H3. The fraction of sp³-hybridized carbons (Fsp3) is 0.611. The van der Waals surface area contributed by atoms with Crippen LogP contribution in [0.4, 0.5) is 0 Å². The van der Waals surface area contributed by atoms with E-state index in [1.54, 1.807) is 0 Å². The van der Waals surface area contributed by atoms with Crippen LogP contribution in [-0.2, 0) is 6.54 Å². The van der Waals surface area contributed by atoms with Gasteiger partial charge >= 0.3 is 0 Å². The van der Waals surface area contributed by atoms with Gasteiger partial charge in [0.25, 0.3) is 0 Å². The molecule has 3 heteroatoms. The molecule has 21 heavy (non-hydrogen) atoms. The molecule has 0 spiro atoms. The summed E-state index contributed by atoms with van der Waals surface area (Å²) >= 11 is 6.38. The van der Waals surface area contributed by atoms with E-state index in [0.717, 1.165) is 17.9 Å². The van der Waals surface area contributed by atoms with Crippen LogP contribution in [0, 0.1) is 12.8 Å². The molecule has 2 rings (SSSR count). The highest BCUT2D eigenvalue weighted by atomic mass is 35.5. The van der Waals surface area contributed by atoms with Crippen molar-refractivity contribution in [2.45, 2.75) is 65.3 Å². The normalized spacial score (nSPS) is 14.5. The first-order valence-electron chi connectivity index (χ1n) is 8.18. The Morgan fingerprint density at radius 3 is 2.67 bits per heavy atom. The lowest BCUT2D eigenvalue weighted by Crippen LogP contribution is -2.13. The van der Waals surface area contributed by atoms with Gasteiger partial charge in [0.1, 0.15) is 5.82 Å². The van der Waals surface area contributed by atoms with Gasteiger partial charge in [-0.3, -0.25) is 0 Å². The molecule has 0 fully saturated rings. The van der Waals surface area contributed by atoms with Crippen LogP contribution in [0.15, 0.2) is 18.2 Å². The van der Waals surface area contributed by atoms with E-state index in [0.29, 0.717) is 5.92 Å². The van der Waals surface area contributed by atoms with Gasteiger partial charge in [0.05, 0.1) is 16.4 Å². The second-order valence-corrected chi connectivity index (χ2v) is 6.71. The summed E-state index contributed by atoms with van der Waals surface area (Å²) in [5, 5.41) is -0.0551. The highest BCUT2D eigenvalue weighted by Crippen LogP contribution is 2.29. The lowest BCUT2D eigenvalue weighted by atomic mass is 9.99. The summed E-state index contributed by atoms with van der Waals surface area (Å²) in [5.41, 5.74) is 3.62. The molecular weight excluding hydrogens is 280 g/mol. The minimum absolute atomic E-state index is 0.0551. The molecule has 0 amide bonds. The molecule has 2 nitrogen and oxygen atoms in total. The minimum atomic E-state index is -0.0551. The Morgan fingerprint density at radius 1 is 1.29 bits per heavy atom. The van der Waals surface area contributed by atoms with E-state index in [2.05, 4.69) is 43.5 Å². The van der Waals surface area contributed by atoms with Gasteiger partial charge in [-0.2, -0.15) is 0 Å². The summed E-state index contributed by atoms with van der Waals surface area (Å²) in [6.45, 7) is 9.76. The smallest absolute Gasteiger partial charge is 0.127 e. The Morgan fingerprint density at radius 2 is 2.05 bits per heavy atom. The summed E-state index contributed by atoms with van der Waals surface area (Å²) in [6.07, 6.45) is 5.06. The first kappa shape index (κ1) is 16.4. The van der Waals surface area contributed by atoms with Gasteiger partial charge in [-0.05, 0) is 37.8 Å². The molecule has 0 aliphatic rings. The van der Waals surface area contributed by atoms with E-state index in [9.17, 15) is 0 Å². The Bertz CT molecular complexity index is 586. The number of benzene rings is 1. The van der Waals surface area contributed by atoms with Crippen molar-refractivity contribution in [2.24, 2.45) is 5.92 Å². The molecule has 1 heterocycles. The molecule has 2 atom stereocenters. The number of alkyl halides is 1. The average Bonchev–Trinajstić information content (AvgIpc) is 2.83. The summed E-state index contributed by atoms with van der Waals surface area (Å²) in [6, 6.07) is 6.33. The van der Waals surface area contributed by atoms with Gasteiger partial charge in [-0.1, -0.05) is 45.2 Å².